The van der Waals surface area contributed by atoms with Crippen molar-refractivity contribution in [2.75, 3.05) is 0 Å². The first-order valence-corrected chi connectivity index (χ1v) is 8.61. The van der Waals surface area contributed by atoms with Crippen LogP contribution in [0.25, 0.3) is 10.9 Å². The van der Waals surface area contributed by atoms with Crippen LogP contribution >= 0.6 is 0 Å². The third-order valence-electron chi connectivity index (χ3n) is 4.82. The lowest BCUT2D eigenvalue weighted by molar-refractivity contribution is -0.137. The maximum atomic E-state index is 13.3. The van der Waals surface area contributed by atoms with Crippen LogP contribution in [0.1, 0.15) is 34.1 Å². The number of hydrogen-bond donors (Lipinski definition) is 2. The summed E-state index contributed by atoms with van der Waals surface area (Å²) < 4.78 is 44.6. The standard InChI is InChI=1S/C20H15F3N4O2/c1-19(25-18(28)17-7-8-29-27-17,13-3-2-4-15(10-13)20(21,22)23)14-5-6-16-12(9-14)11-24-26-16/h2-11H,1H3,(H,24,26)(H,25,28)/t19-/m0/s1. The zero-order valence-corrected chi connectivity index (χ0v) is 15.1. The third kappa shape index (κ3) is 3.46. The second-order valence-electron chi connectivity index (χ2n) is 6.71. The van der Waals surface area contributed by atoms with Gasteiger partial charge < -0.3 is 9.84 Å². The maximum Gasteiger partial charge on any atom is 0.416 e. The van der Waals surface area contributed by atoms with E-state index in [1.54, 1.807) is 31.3 Å². The molecule has 0 aliphatic rings. The molecule has 2 aromatic heterocycles. The molecule has 0 aliphatic heterocycles. The van der Waals surface area contributed by atoms with Crippen LogP contribution in [0.2, 0.25) is 0 Å². The molecule has 2 N–H and O–H groups in total. The van der Waals surface area contributed by atoms with Crippen molar-refractivity contribution in [2.45, 2.75) is 18.6 Å². The Hall–Kier alpha value is -3.62. The Morgan fingerprint density at radius 3 is 2.55 bits per heavy atom. The molecule has 0 radical (unpaired) electrons. The van der Waals surface area contributed by atoms with Gasteiger partial charge in [-0.3, -0.25) is 9.89 Å². The van der Waals surface area contributed by atoms with Crippen molar-refractivity contribution < 1.29 is 22.5 Å². The summed E-state index contributed by atoms with van der Waals surface area (Å²) in [5.74, 6) is -0.578. The molecule has 148 valence electrons. The number of H-pyrrole nitrogens is 1. The zero-order chi connectivity index (χ0) is 20.6. The molecule has 0 spiro atoms. The Kier molecular flexibility index (Phi) is 4.37. The number of benzene rings is 2. The van der Waals surface area contributed by atoms with Gasteiger partial charge in [-0.2, -0.15) is 18.3 Å². The number of amides is 1. The van der Waals surface area contributed by atoms with Crippen molar-refractivity contribution in [1.82, 2.24) is 20.7 Å². The van der Waals surface area contributed by atoms with Crippen molar-refractivity contribution in [2.24, 2.45) is 0 Å². The summed E-state index contributed by atoms with van der Waals surface area (Å²) in [5, 5.41) is 14.0. The number of nitrogens with zero attached hydrogens (tertiary/aromatic N) is 2. The first-order chi connectivity index (χ1) is 13.8. The van der Waals surface area contributed by atoms with Crippen LogP contribution < -0.4 is 5.32 Å². The molecule has 0 saturated heterocycles. The molecule has 1 amide bonds. The van der Waals surface area contributed by atoms with Crippen LogP contribution in [0.3, 0.4) is 0 Å². The fourth-order valence-corrected chi connectivity index (χ4v) is 3.19. The quantitative estimate of drug-likeness (QED) is 0.536. The number of alkyl halides is 3. The van der Waals surface area contributed by atoms with Gasteiger partial charge in [0.05, 0.1) is 22.8 Å². The van der Waals surface area contributed by atoms with Gasteiger partial charge in [0.1, 0.15) is 6.26 Å². The van der Waals surface area contributed by atoms with E-state index in [-0.39, 0.29) is 11.3 Å². The molecule has 0 fully saturated rings. The minimum absolute atomic E-state index is 0.0209. The highest BCUT2D eigenvalue weighted by atomic mass is 19.4. The first kappa shape index (κ1) is 18.7. The number of nitrogens with one attached hydrogen (secondary N) is 2. The minimum Gasteiger partial charge on any atom is -0.364 e. The van der Waals surface area contributed by atoms with E-state index in [1.807, 2.05) is 0 Å². The molecule has 2 heterocycles. The molecule has 1 atom stereocenters. The SMILES string of the molecule is C[C@](NC(=O)c1ccon1)(c1cccc(C(F)(F)F)c1)c1ccc2[nH]ncc2c1. The molecule has 4 rings (SSSR count). The van der Waals surface area contributed by atoms with Gasteiger partial charge >= 0.3 is 6.18 Å². The van der Waals surface area contributed by atoms with Crippen molar-refractivity contribution in [3.8, 4) is 0 Å². The minimum atomic E-state index is -4.51. The number of halogens is 3. The van der Waals surface area contributed by atoms with Crippen molar-refractivity contribution in [3.05, 3.63) is 83.4 Å². The van der Waals surface area contributed by atoms with Gasteiger partial charge in [0.25, 0.3) is 5.91 Å². The molecular formula is C20H15F3N4O2. The number of fused-ring (bicyclic) bond motifs is 1. The third-order valence-corrected chi connectivity index (χ3v) is 4.82. The van der Waals surface area contributed by atoms with E-state index in [2.05, 4.69) is 20.7 Å². The average molecular weight is 400 g/mol. The summed E-state index contributed by atoms with van der Waals surface area (Å²) in [6.07, 6.45) is -1.67. The van der Waals surface area contributed by atoms with E-state index in [1.165, 1.54) is 24.5 Å². The van der Waals surface area contributed by atoms with Gasteiger partial charge in [0.15, 0.2) is 5.69 Å². The van der Waals surface area contributed by atoms with Gasteiger partial charge in [-0.1, -0.05) is 23.4 Å². The van der Waals surface area contributed by atoms with Crippen LogP contribution in [0.5, 0.6) is 0 Å². The Morgan fingerprint density at radius 1 is 1.07 bits per heavy atom. The van der Waals surface area contributed by atoms with E-state index < -0.39 is 23.2 Å². The van der Waals surface area contributed by atoms with Crippen LogP contribution in [0.15, 0.2) is 65.5 Å². The van der Waals surface area contributed by atoms with Gasteiger partial charge in [0.2, 0.25) is 0 Å². The van der Waals surface area contributed by atoms with E-state index in [0.717, 1.165) is 23.0 Å². The number of carbonyl (C=O) groups is 1. The molecule has 2 aromatic carbocycles. The predicted molar refractivity (Wildman–Crippen MR) is 98.0 cm³/mol. The largest absolute Gasteiger partial charge is 0.416 e. The van der Waals surface area contributed by atoms with Gasteiger partial charge in [0, 0.05) is 11.5 Å². The van der Waals surface area contributed by atoms with Crippen molar-refractivity contribution in [1.29, 1.82) is 0 Å². The molecule has 9 heteroatoms. The van der Waals surface area contributed by atoms with Crippen LogP contribution in [0.4, 0.5) is 13.2 Å². The van der Waals surface area contributed by atoms with Crippen molar-refractivity contribution in [3.63, 3.8) is 0 Å². The number of aromatic nitrogens is 3. The molecular weight excluding hydrogens is 385 g/mol. The van der Waals surface area contributed by atoms with Crippen LogP contribution in [-0.4, -0.2) is 21.3 Å². The highest BCUT2D eigenvalue weighted by molar-refractivity contribution is 5.93. The Labute approximate surface area is 162 Å². The molecule has 4 aromatic rings. The zero-order valence-electron chi connectivity index (χ0n) is 15.1. The average Bonchev–Trinajstić information content (AvgIpc) is 3.38. The van der Waals surface area contributed by atoms with Gasteiger partial charge in [-0.25, -0.2) is 0 Å². The summed E-state index contributed by atoms with van der Waals surface area (Å²) in [6, 6.07) is 11.5. The Bertz CT molecular complexity index is 1170. The molecule has 6 nitrogen and oxygen atoms in total. The molecule has 0 bridgehead atoms. The summed E-state index contributed by atoms with van der Waals surface area (Å²) in [6.45, 7) is 1.64. The normalized spacial score (nSPS) is 13.9. The van der Waals surface area contributed by atoms with Crippen LogP contribution in [0, 0.1) is 0 Å². The second-order valence-corrected chi connectivity index (χ2v) is 6.71. The lowest BCUT2D eigenvalue weighted by atomic mass is 9.83. The van der Waals surface area contributed by atoms with E-state index in [0.29, 0.717) is 5.56 Å². The molecule has 0 saturated carbocycles. The maximum absolute atomic E-state index is 13.3. The fraction of sp³-hybridized carbons (Fsp3) is 0.150. The Morgan fingerprint density at radius 2 is 1.83 bits per heavy atom. The van der Waals surface area contributed by atoms with E-state index in [9.17, 15) is 18.0 Å². The predicted octanol–water partition coefficient (Wildman–Crippen LogP) is 4.26. The number of aromatic amines is 1. The fourth-order valence-electron chi connectivity index (χ4n) is 3.19. The molecule has 0 unspecified atom stereocenters. The van der Waals surface area contributed by atoms with E-state index >= 15 is 0 Å². The lowest BCUT2D eigenvalue weighted by Gasteiger charge is -2.32. The van der Waals surface area contributed by atoms with Crippen LogP contribution in [-0.2, 0) is 11.7 Å². The lowest BCUT2D eigenvalue weighted by Crippen LogP contribution is -2.44. The summed E-state index contributed by atoms with van der Waals surface area (Å²) in [4.78, 5) is 12.7. The number of rotatable bonds is 4. The summed E-state index contributed by atoms with van der Waals surface area (Å²) in [7, 11) is 0. The second kappa shape index (κ2) is 6.77. The Balaban J connectivity index is 1.85. The monoisotopic (exact) mass is 400 g/mol. The topological polar surface area (TPSA) is 83.8 Å². The highest BCUT2D eigenvalue weighted by Gasteiger charge is 2.36. The first-order valence-electron chi connectivity index (χ1n) is 8.61. The van der Waals surface area contributed by atoms with Gasteiger partial charge in [-0.05, 0) is 42.3 Å². The summed E-state index contributed by atoms with van der Waals surface area (Å²) >= 11 is 0. The number of hydrogen-bond acceptors (Lipinski definition) is 4. The van der Waals surface area contributed by atoms with Gasteiger partial charge in [-0.15, -0.1) is 0 Å². The molecule has 0 aliphatic carbocycles. The number of carbonyl (C=O) groups excluding carboxylic acids is 1. The molecule has 29 heavy (non-hydrogen) atoms. The highest BCUT2D eigenvalue weighted by Crippen LogP contribution is 2.36. The summed E-state index contributed by atoms with van der Waals surface area (Å²) in [5.41, 5.74) is -0.436. The van der Waals surface area contributed by atoms with Crippen molar-refractivity contribution >= 4 is 16.8 Å². The van der Waals surface area contributed by atoms with E-state index in [4.69, 9.17) is 4.52 Å². The smallest absolute Gasteiger partial charge is 0.364 e.